The van der Waals surface area contributed by atoms with Crippen LogP contribution in [0.3, 0.4) is 0 Å². The van der Waals surface area contributed by atoms with E-state index in [-0.39, 0.29) is 31.3 Å². The molecule has 9 heteroatoms. The van der Waals surface area contributed by atoms with E-state index < -0.39 is 6.17 Å². The monoisotopic (exact) mass is 477 g/mol. The molecule has 0 unspecified atom stereocenters. The maximum Gasteiger partial charge on any atom is 0.212 e. The summed E-state index contributed by atoms with van der Waals surface area (Å²) in [5, 5.41) is 12.5. The van der Waals surface area contributed by atoms with Gasteiger partial charge in [-0.15, -0.1) is 24.0 Å². The van der Waals surface area contributed by atoms with Gasteiger partial charge in [0, 0.05) is 20.7 Å². The highest BCUT2D eigenvalue weighted by Gasteiger charge is 2.22. The summed E-state index contributed by atoms with van der Waals surface area (Å²) < 4.78 is 12.0. The number of halogens is 2. The standard InChI is InChI=1S/C13H13N5OS.C3H5F.HI.H2/c14-6-9-2-1-5-18(7-9)13-17-10-3-4-15-12(16-8-19)11(10)20-13;4-3-1-2-3;;/h3-4,8-9H,1-2,5,7H2,(H,15,16,19);3H,1-2H2;2*1H/t9-;;;/m1.../s1. The highest BCUT2D eigenvalue weighted by molar-refractivity contribution is 14.0. The largest absolute Gasteiger partial charge is 0.347 e. The van der Waals surface area contributed by atoms with Crippen molar-refractivity contribution >= 4 is 62.9 Å². The molecule has 3 heterocycles. The zero-order valence-electron chi connectivity index (χ0n) is 13.5. The molecule has 1 N–H and O–H groups in total. The van der Waals surface area contributed by atoms with Crippen LogP contribution in [0.15, 0.2) is 12.3 Å². The molecule has 4 rings (SSSR count). The molecule has 1 aliphatic heterocycles. The van der Waals surface area contributed by atoms with Crippen molar-refractivity contribution in [3.63, 3.8) is 0 Å². The number of carbonyl (C=O) groups excluding carboxylic acids is 1. The van der Waals surface area contributed by atoms with Crippen molar-refractivity contribution in [2.45, 2.75) is 31.9 Å². The summed E-state index contributed by atoms with van der Waals surface area (Å²) in [4.78, 5) is 21.5. The lowest BCUT2D eigenvalue weighted by Gasteiger charge is -2.28. The van der Waals surface area contributed by atoms with Crippen LogP contribution < -0.4 is 10.2 Å². The first-order chi connectivity index (χ1) is 11.7. The smallest absolute Gasteiger partial charge is 0.212 e. The number of amides is 1. The van der Waals surface area contributed by atoms with Gasteiger partial charge in [0.2, 0.25) is 6.41 Å². The minimum absolute atomic E-state index is 0. The summed E-state index contributed by atoms with van der Waals surface area (Å²) in [6, 6.07) is 4.16. The maximum absolute atomic E-state index is 11.1. The second kappa shape index (κ2) is 9.24. The molecule has 1 saturated heterocycles. The highest BCUT2D eigenvalue weighted by atomic mass is 127. The number of anilines is 2. The second-order valence-electron chi connectivity index (χ2n) is 5.86. The van der Waals surface area contributed by atoms with E-state index >= 15 is 0 Å². The molecule has 25 heavy (non-hydrogen) atoms. The van der Waals surface area contributed by atoms with Crippen LogP contribution in [-0.4, -0.2) is 35.6 Å². The first-order valence-corrected chi connectivity index (χ1v) is 8.77. The Labute approximate surface area is 167 Å². The zero-order chi connectivity index (χ0) is 16.9. The van der Waals surface area contributed by atoms with Crippen molar-refractivity contribution in [2.24, 2.45) is 5.92 Å². The Morgan fingerprint density at radius 1 is 1.48 bits per heavy atom. The first kappa shape index (κ1) is 19.8. The Kier molecular flexibility index (Phi) is 7.31. The summed E-state index contributed by atoms with van der Waals surface area (Å²) in [5.74, 6) is 0.608. The van der Waals surface area contributed by atoms with Gasteiger partial charge in [0.25, 0.3) is 0 Å². The summed E-state index contributed by atoms with van der Waals surface area (Å²) in [6.45, 7) is 1.64. The van der Waals surface area contributed by atoms with E-state index in [1.165, 1.54) is 11.3 Å². The van der Waals surface area contributed by atoms with Gasteiger partial charge >= 0.3 is 0 Å². The summed E-state index contributed by atoms with van der Waals surface area (Å²) in [5.41, 5.74) is 0.823. The molecule has 1 aliphatic carbocycles. The Morgan fingerprint density at radius 2 is 2.24 bits per heavy atom. The van der Waals surface area contributed by atoms with Gasteiger partial charge in [0.05, 0.1) is 22.2 Å². The fraction of sp³-hybridized carbons (Fsp3) is 0.500. The average Bonchev–Trinajstić information content (AvgIpc) is 3.26. The molecule has 0 aromatic carbocycles. The number of hydrogen-bond acceptors (Lipinski definition) is 6. The van der Waals surface area contributed by atoms with Gasteiger partial charge in [-0.25, -0.2) is 14.4 Å². The molecule has 2 aliphatic rings. The molecule has 1 amide bonds. The fourth-order valence-corrected chi connectivity index (χ4v) is 3.51. The van der Waals surface area contributed by atoms with E-state index in [0.29, 0.717) is 12.2 Å². The maximum atomic E-state index is 11.1. The van der Waals surface area contributed by atoms with Crippen molar-refractivity contribution < 1.29 is 10.6 Å². The van der Waals surface area contributed by atoms with Crippen molar-refractivity contribution in [2.75, 3.05) is 23.3 Å². The third-order valence-corrected chi connectivity index (χ3v) is 5.01. The highest BCUT2D eigenvalue weighted by Crippen LogP contribution is 2.34. The van der Waals surface area contributed by atoms with E-state index in [1.807, 2.05) is 6.07 Å². The molecule has 6 nitrogen and oxygen atoms in total. The number of rotatable bonds is 3. The van der Waals surface area contributed by atoms with E-state index in [2.05, 4.69) is 26.3 Å². The van der Waals surface area contributed by atoms with E-state index in [0.717, 1.165) is 54.1 Å². The molecule has 2 aromatic rings. The molecular weight excluding hydrogens is 456 g/mol. The van der Waals surface area contributed by atoms with Crippen LogP contribution in [-0.2, 0) is 4.79 Å². The number of fused-ring (bicyclic) bond motifs is 1. The van der Waals surface area contributed by atoms with Crippen molar-refractivity contribution in [1.82, 2.24) is 9.97 Å². The van der Waals surface area contributed by atoms with Crippen LogP contribution in [0.1, 0.15) is 27.1 Å². The first-order valence-electron chi connectivity index (χ1n) is 7.95. The van der Waals surface area contributed by atoms with Crippen LogP contribution in [0.4, 0.5) is 15.3 Å². The molecule has 0 spiro atoms. The third kappa shape index (κ3) is 5.22. The predicted molar refractivity (Wildman–Crippen MR) is 109 cm³/mol. The molecule has 2 fully saturated rings. The van der Waals surface area contributed by atoms with E-state index in [9.17, 15) is 9.18 Å². The van der Waals surface area contributed by atoms with Crippen molar-refractivity contribution in [3.8, 4) is 6.07 Å². The molecule has 0 radical (unpaired) electrons. The van der Waals surface area contributed by atoms with Gasteiger partial charge in [0.1, 0.15) is 6.17 Å². The Morgan fingerprint density at radius 3 is 2.88 bits per heavy atom. The number of carbonyl (C=O) groups is 1. The average molecular weight is 477 g/mol. The number of nitrogens with zero attached hydrogens (tertiary/aromatic N) is 4. The van der Waals surface area contributed by atoms with E-state index in [1.54, 1.807) is 6.20 Å². The van der Waals surface area contributed by atoms with Gasteiger partial charge in [-0.05, 0) is 31.7 Å². The summed E-state index contributed by atoms with van der Waals surface area (Å²) in [6.07, 6.45) is 5.43. The lowest BCUT2D eigenvalue weighted by Crippen LogP contribution is -2.34. The molecule has 1 atom stereocenters. The summed E-state index contributed by atoms with van der Waals surface area (Å²) >= 11 is 1.50. The SMILES string of the molecule is FC1CC1.I.N#C[C@H]1CCCN(c2nc3ccnc(NC=O)c3s2)C1.[HH]. The minimum Gasteiger partial charge on any atom is -0.347 e. The van der Waals surface area contributed by atoms with Crippen LogP contribution in [0.2, 0.25) is 0 Å². The van der Waals surface area contributed by atoms with Crippen molar-refractivity contribution in [1.29, 1.82) is 5.26 Å². The van der Waals surface area contributed by atoms with Gasteiger partial charge in [0.15, 0.2) is 10.9 Å². The van der Waals surface area contributed by atoms with Gasteiger partial charge < -0.3 is 10.2 Å². The topological polar surface area (TPSA) is 81.9 Å². The molecular formula is C16H21FIN5OS. The predicted octanol–water partition coefficient (Wildman–Crippen LogP) is 3.98. The van der Waals surface area contributed by atoms with Crippen molar-refractivity contribution in [3.05, 3.63) is 12.3 Å². The van der Waals surface area contributed by atoms with E-state index in [4.69, 9.17) is 5.26 Å². The Bertz CT molecular complexity index is 767. The number of pyridine rings is 1. The minimum atomic E-state index is -0.417. The molecule has 0 bridgehead atoms. The normalized spacial score (nSPS) is 19.2. The van der Waals surface area contributed by atoms with Gasteiger partial charge in [-0.1, -0.05) is 11.3 Å². The lowest BCUT2D eigenvalue weighted by atomic mass is 10.0. The third-order valence-electron chi connectivity index (χ3n) is 3.87. The van der Waals surface area contributed by atoms with Crippen LogP contribution in [0.5, 0.6) is 0 Å². The number of piperidine rings is 1. The summed E-state index contributed by atoms with van der Waals surface area (Å²) in [7, 11) is 0. The number of nitrogens with one attached hydrogen (secondary N) is 1. The number of thiazole rings is 1. The van der Waals surface area contributed by atoms with Crippen LogP contribution in [0.25, 0.3) is 10.2 Å². The second-order valence-corrected chi connectivity index (χ2v) is 6.83. The number of hydrogen-bond donors (Lipinski definition) is 1. The number of alkyl halides is 1. The lowest BCUT2D eigenvalue weighted by molar-refractivity contribution is -0.105. The zero-order valence-corrected chi connectivity index (χ0v) is 16.7. The Balaban J connectivity index is 0.000000500. The number of nitriles is 1. The molecule has 1 saturated carbocycles. The molecule has 2 aromatic heterocycles. The van der Waals surface area contributed by atoms with Gasteiger partial charge in [-0.2, -0.15) is 5.26 Å². The van der Waals surface area contributed by atoms with Crippen LogP contribution in [0, 0.1) is 17.2 Å². The van der Waals surface area contributed by atoms with Gasteiger partial charge in [-0.3, -0.25) is 4.79 Å². The fourth-order valence-electron chi connectivity index (χ4n) is 2.46. The quantitative estimate of drug-likeness (QED) is 0.534. The van der Waals surface area contributed by atoms with Crippen LogP contribution >= 0.6 is 35.3 Å². The molecule has 136 valence electrons. The Hall–Kier alpha value is -1.54. The number of aromatic nitrogens is 2.